The smallest absolute Gasteiger partial charge is 0.176 e. The lowest BCUT2D eigenvalue weighted by Gasteiger charge is -2.20. The molecule has 88 valence electrons. The molecule has 0 fully saturated rings. The van der Waals surface area contributed by atoms with Crippen molar-refractivity contribution in [2.24, 2.45) is 0 Å². The van der Waals surface area contributed by atoms with Crippen molar-refractivity contribution >= 4 is 5.78 Å². The van der Waals surface area contributed by atoms with Gasteiger partial charge in [-0.2, -0.15) is 0 Å². The van der Waals surface area contributed by atoms with Crippen LogP contribution in [0.1, 0.15) is 42.3 Å². The van der Waals surface area contributed by atoms with Crippen molar-refractivity contribution in [1.29, 1.82) is 0 Å². The van der Waals surface area contributed by atoms with Crippen LogP contribution in [0.3, 0.4) is 0 Å². The van der Waals surface area contributed by atoms with E-state index in [0.29, 0.717) is 6.54 Å². The quantitative estimate of drug-likeness (QED) is 0.792. The van der Waals surface area contributed by atoms with E-state index >= 15 is 0 Å². The van der Waals surface area contributed by atoms with Crippen molar-refractivity contribution in [2.45, 2.75) is 40.2 Å². The van der Waals surface area contributed by atoms with Crippen LogP contribution in [0.15, 0.2) is 18.2 Å². The zero-order valence-corrected chi connectivity index (χ0v) is 10.8. The van der Waals surface area contributed by atoms with E-state index in [2.05, 4.69) is 26.1 Å². The van der Waals surface area contributed by atoms with E-state index in [9.17, 15) is 4.79 Å². The third-order valence-electron chi connectivity index (χ3n) is 2.68. The molecular formula is C14H21NO. The lowest BCUT2D eigenvalue weighted by Crippen LogP contribution is -2.39. The zero-order chi connectivity index (χ0) is 12.3. The number of benzene rings is 1. The van der Waals surface area contributed by atoms with Crippen molar-refractivity contribution in [2.75, 3.05) is 6.54 Å². The largest absolute Gasteiger partial charge is 0.305 e. The maximum atomic E-state index is 12.0. The Balaban J connectivity index is 2.78. The average Bonchev–Trinajstić information content (AvgIpc) is 2.17. The molecule has 0 aromatic heterocycles. The summed E-state index contributed by atoms with van der Waals surface area (Å²) in [6, 6.07) is 5.87. The van der Waals surface area contributed by atoms with E-state index in [0.717, 1.165) is 11.1 Å². The zero-order valence-electron chi connectivity index (χ0n) is 10.8. The van der Waals surface area contributed by atoms with Crippen LogP contribution < -0.4 is 5.32 Å². The van der Waals surface area contributed by atoms with Gasteiger partial charge < -0.3 is 5.32 Å². The molecule has 2 nitrogen and oxygen atoms in total. The molecular weight excluding hydrogens is 198 g/mol. The Morgan fingerprint density at radius 3 is 2.44 bits per heavy atom. The van der Waals surface area contributed by atoms with Gasteiger partial charge in [-0.05, 0) is 45.7 Å². The number of nitrogens with one attached hydrogen (secondary N) is 1. The number of hydrogen-bond donors (Lipinski definition) is 1. The van der Waals surface area contributed by atoms with E-state index in [1.165, 1.54) is 5.56 Å². The molecule has 16 heavy (non-hydrogen) atoms. The van der Waals surface area contributed by atoms with Gasteiger partial charge in [0.1, 0.15) is 0 Å². The first-order chi connectivity index (χ1) is 7.31. The summed E-state index contributed by atoms with van der Waals surface area (Å²) >= 11 is 0. The van der Waals surface area contributed by atoms with Gasteiger partial charge in [-0.15, -0.1) is 0 Å². The summed E-state index contributed by atoms with van der Waals surface area (Å²) in [6.45, 7) is 10.6. The molecule has 1 aromatic rings. The van der Waals surface area contributed by atoms with Crippen LogP contribution in [0.25, 0.3) is 0 Å². The first-order valence-corrected chi connectivity index (χ1v) is 5.66. The normalized spacial score (nSPS) is 11.6. The number of aryl methyl sites for hydroxylation is 1. The molecule has 1 aromatic carbocycles. The Hall–Kier alpha value is -1.15. The molecule has 0 bridgehead atoms. The molecule has 0 amide bonds. The van der Waals surface area contributed by atoms with Crippen LogP contribution in [0, 0.1) is 13.8 Å². The van der Waals surface area contributed by atoms with Gasteiger partial charge in [-0.25, -0.2) is 0 Å². The molecule has 0 aliphatic heterocycles. The minimum Gasteiger partial charge on any atom is -0.305 e. The summed E-state index contributed by atoms with van der Waals surface area (Å²) in [7, 11) is 0. The van der Waals surface area contributed by atoms with Crippen LogP contribution in [0.4, 0.5) is 0 Å². The van der Waals surface area contributed by atoms with Gasteiger partial charge in [0.2, 0.25) is 0 Å². The highest BCUT2D eigenvalue weighted by Gasteiger charge is 2.14. The Labute approximate surface area is 98.1 Å². The van der Waals surface area contributed by atoms with Gasteiger partial charge in [0.05, 0.1) is 6.54 Å². The fraction of sp³-hybridized carbons (Fsp3) is 0.500. The van der Waals surface area contributed by atoms with Crippen molar-refractivity contribution in [3.8, 4) is 0 Å². The molecule has 0 saturated carbocycles. The lowest BCUT2D eigenvalue weighted by molar-refractivity contribution is 0.0981. The van der Waals surface area contributed by atoms with E-state index in [1.54, 1.807) is 0 Å². The van der Waals surface area contributed by atoms with E-state index in [1.807, 2.05) is 32.0 Å². The van der Waals surface area contributed by atoms with Crippen molar-refractivity contribution in [1.82, 2.24) is 5.32 Å². The second-order valence-corrected chi connectivity index (χ2v) is 5.27. The first-order valence-electron chi connectivity index (χ1n) is 5.66. The van der Waals surface area contributed by atoms with Gasteiger partial charge >= 0.3 is 0 Å². The third-order valence-corrected chi connectivity index (χ3v) is 2.68. The SMILES string of the molecule is Cc1cccc(C(=O)CNC(C)(C)C)c1C. The monoisotopic (exact) mass is 219 g/mol. The highest BCUT2D eigenvalue weighted by Crippen LogP contribution is 2.13. The maximum absolute atomic E-state index is 12.0. The summed E-state index contributed by atoms with van der Waals surface area (Å²) in [4.78, 5) is 12.0. The van der Waals surface area contributed by atoms with Crippen LogP contribution in [-0.2, 0) is 0 Å². The maximum Gasteiger partial charge on any atom is 0.176 e. The van der Waals surface area contributed by atoms with Crippen LogP contribution in [-0.4, -0.2) is 17.9 Å². The molecule has 0 spiro atoms. The minimum absolute atomic E-state index is 0.0204. The van der Waals surface area contributed by atoms with Crippen LogP contribution in [0.5, 0.6) is 0 Å². The minimum atomic E-state index is -0.0204. The van der Waals surface area contributed by atoms with Gasteiger partial charge in [0.15, 0.2) is 5.78 Å². The molecule has 0 saturated heterocycles. The standard InChI is InChI=1S/C14H21NO/c1-10-7-6-8-12(11(10)2)13(16)9-15-14(3,4)5/h6-8,15H,9H2,1-5H3. The molecule has 1 N–H and O–H groups in total. The van der Waals surface area contributed by atoms with Gasteiger partial charge in [0, 0.05) is 11.1 Å². The highest BCUT2D eigenvalue weighted by atomic mass is 16.1. The topological polar surface area (TPSA) is 29.1 Å². The van der Waals surface area contributed by atoms with Gasteiger partial charge in [-0.1, -0.05) is 18.2 Å². The van der Waals surface area contributed by atoms with Crippen molar-refractivity contribution in [3.05, 3.63) is 34.9 Å². The third kappa shape index (κ3) is 3.46. The Kier molecular flexibility index (Phi) is 3.87. The highest BCUT2D eigenvalue weighted by molar-refractivity contribution is 5.99. The summed E-state index contributed by atoms with van der Waals surface area (Å²) < 4.78 is 0. The Bertz CT molecular complexity index is 388. The second kappa shape index (κ2) is 4.79. The number of carbonyl (C=O) groups is 1. The molecule has 0 heterocycles. The van der Waals surface area contributed by atoms with E-state index in [-0.39, 0.29) is 11.3 Å². The van der Waals surface area contributed by atoms with Crippen molar-refractivity contribution in [3.63, 3.8) is 0 Å². The number of Topliss-reactive ketones (excluding diaryl/α,β-unsaturated/α-hetero) is 1. The van der Waals surface area contributed by atoms with E-state index < -0.39 is 0 Å². The van der Waals surface area contributed by atoms with Gasteiger partial charge in [-0.3, -0.25) is 4.79 Å². The number of ketones is 1. The number of rotatable bonds is 3. The molecule has 0 aliphatic rings. The number of carbonyl (C=O) groups excluding carboxylic acids is 1. The molecule has 0 aliphatic carbocycles. The van der Waals surface area contributed by atoms with Crippen molar-refractivity contribution < 1.29 is 4.79 Å². The number of hydrogen-bond acceptors (Lipinski definition) is 2. The Morgan fingerprint density at radius 2 is 1.88 bits per heavy atom. The van der Waals surface area contributed by atoms with E-state index in [4.69, 9.17) is 0 Å². The fourth-order valence-corrected chi connectivity index (χ4v) is 1.49. The van der Waals surface area contributed by atoms with Crippen LogP contribution >= 0.6 is 0 Å². The van der Waals surface area contributed by atoms with Gasteiger partial charge in [0.25, 0.3) is 0 Å². The summed E-state index contributed by atoms with van der Waals surface area (Å²) in [5, 5.41) is 3.22. The summed E-state index contributed by atoms with van der Waals surface area (Å²) in [6.07, 6.45) is 0. The molecule has 0 unspecified atom stereocenters. The average molecular weight is 219 g/mol. The lowest BCUT2D eigenvalue weighted by atomic mass is 9.99. The summed E-state index contributed by atoms with van der Waals surface area (Å²) in [5.41, 5.74) is 3.06. The first kappa shape index (κ1) is 12.9. The summed E-state index contributed by atoms with van der Waals surface area (Å²) in [5.74, 6) is 0.163. The fourth-order valence-electron chi connectivity index (χ4n) is 1.49. The molecule has 0 atom stereocenters. The van der Waals surface area contributed by atoms with Crippen LogP contribution in [0.2, 0.25) is 0 Å². The molecule has 1 rings (SSSR count). The molecule has 2 heteroatoms. The Morgan fingerprint density at radius 1 is 1.25 bits per heavy atom. The predicted octanol–water partition coefficient (Wildman–Crippen LogP) is 2.87. The predicted molar refractivity (Wildman–Crippen MR) is 68.0 cm³/mol. The second-order valence-electron chi connectivity index (χ2n) is 5.27. The molecule has 0 radical (unpaired) electrons.